The first-order chi connectivity index (χ1) is 12.0. The molecule has 134 valence electrons. The number of rotatable bonds is 7. The van der Waals surface area contributed by atoms with Gasteiger partial charge in [0.1, 0.15) is 16.6 Å². The van der Waals surface area contributed by atoms with Crippen molar-refractivity contribution in [3.05, 3.63) is 34.7 Å². The van der Waals surface area contributed by atoms with Crippen molar-refractivity contribution in [3.63, 3.8) is 0 Å². The quantitative estimate of drug-likeness (QED) is 0.574. The van der Waals surface area contributed by atoms with Crippen LogP contribution in [0.25, 0.3) is 6.08 Å². The van der Waals surface area contributed by atoms with Gasteiger partial charge in [0.25, 0.3) is 5.91 Å². The molecule has 0 atom stereocenters. The second-order valence-corrected chi connectivity index (χ2v) is 6.91. The van der Waals surface area contributed by atoms with E-state index in [-0.39, 0.29) is 31.5 Å². The van der Waals surface area contributed by atoms with Crippen molar-refractivity contribution in [1.29, 1.82) is 0 Å². The molecular formula is C17H20N2O4S2. The molecule has 0 spiro atoms. The van der Waals surface area contributed by atoms with Gasteiger partial charge in [0.05, 0.1) is 18.6 Å². The lowest BCUT2D eigenvalue weighted by atomic mass is 10.2. The van der Waals surface area contributed by atoms with E-state index in [0.717, 1.165) is 11.3 Å². The maximum absolute atomic E-state index is 12.6. The van der Waals surface area contributed by atoms with Crippen molar-refractivity contribution in [2.24, 2.45) is 0 Å². The summed E-state index contributed by atoms with van der Waals surface area (Å²) >= 11 is 6.42. The molecule has 1 aliphatic heterocycles. The highest BCUT2D eigenvalue weighted by molar-refractivity contribution is 8.26. The van der Waals surface area contributed by atoms with Gasteiger partial charge < -0.3 is 14.7 Å². The summed E-state index contributed by atoms with van der Waals surface area (Å²) in [6.07, 6.45) is 1.74. The number of ether oxygens (including phenoxy) is 1. The molecule has 0 aromatic heterocycles. The molecule has 1 aromatic carbocycles. The van der Waals surface area contributed by atoms with Crippen LogP contribution in [0.5, 0.6) is 5.75 Å². The number of thiocarbonyl (C=S) groups is 1. The first-order valence-corrected chi connectivity index (χ1v) is 9.00. The third-order valence-electron chi connectivity index (χ3n) is 3.68. The smallest absolute Gasteiger partial charge is 0.266 e. The normalized spacial score (nSPS) is 15.8. The van der Waals surface area contributed by atoms with Gasteiger partial charge in [0.2, 0.25) is 5.91 Å². The molecule has 0 radical (unpaired) electrons. The minimum atomic E-state index is -0.279. The lowest BCUT2D eigenvalue weighted by molar-refractivity contribution is -0.135. The fourth-order valence-electron chi connectivity index (χ4n) is 2.30. The second kappa shape index (κ2) is 8.98. The maximum Gasteiger partial charge on any atom is 0.266 e. The molecule has 1 heterocycles. The van der Waals surface area contributed by atoms with E-state index in [2.05, 4.69) is 0 Å². The lowest BCUT2D eigenvalue weighted by Gasteiger charge is -2.22. The lowest BCUT2D eigenvalue weighted by Crippen LogP contribution is -2.43. The third-order valence-corrected chi connectivity index (χ3v) is 5.06. The van der Waals surface area contributed by atoms with Crippen LogP contribution in [-0.2, 0) is 9.59 Å². The number of hydrogen-bond donors (Lipinski definition) is 1. The second-order valence-electron chi connectivity index (χ2n) is 5.24. The van der Waals surface area contributed by atoms with Gasteiger partial charge in [-0.15, -0.1) is 0 Å². The molecule has 6 nitrogen and oxygen atoms in total. The Kier molecular flexibility index (Phi) is 6.98. The third kappa shape index (κ3) is 4.81. The van der Waals surface area contributed by atoms with Crippen LogP contribution < -0.4 is 4.74 Å². The Balaban J connectivity index is 2.10. The van der Waals surface area contributed by atoms with Crippen LogP contribution in [0.4, 0.5) is 0 Å². The molecule has 1 aliphatic rings. The van der Waals surface area contributed by atoms with Gasteiger partial charge in [-0.3, -0.25) is 14.5 Å². The van der Waals surface area contributed by atoms with E-state index in [4.69, 9.17) is 22.1 Å². The van der Waals surface area contributed by atoms with E-state index in [0.29, 0.717) is 15.8 Å². The van der Waals surface area contributed by atoms with Crippen LogP contribution in [0.15, 0.2) is 29.2 Å². The Labute approximate surface area is 156 Å². The Hall–Kier alpha value is -1.90. The Morgan fingerprint density at radius 3 is 2.64 bits per heavy atom. The first-order valence-electron chi connectivity index (χ1n) is 7.78. The molecule has 1 N–H and O–H groups in total. The zero-order valence-corrected chi connectivity index (χ0v) is 15.7. The first kappa shape index (κ1) is 19.4. The van der Waals surface area contributed by atoms with E-state index >= 15 is 0 Å². The van der Waals surface area contributed by atoms with Crippen LogP contribution in [0.3, 0.4) is 0 Å². The van der Waals surface area contributed by atoms with Crippen LogP contribution in [-0.4, -0.2) is 64.4 Å². The van der Waals surface area contributed by atoms with Gasteiger partial charge in [-0.05, 0) is 30.7 Å². The van der Waals surface area contributed by atoms with Crippen molar-refractivity contribution in [2.75, 3.05) is 33.4 Å². The topological polar surface area (TPSA) is 70.1 Å². The fourth-order valence-corrected chi connectivity index (χ4v) is 3.56. The molecule has 8 heteroatoms. The van der Waals surface area contributed by atoms with Gasteiger partial charge in [-0.1, -0.05) is 36.1 Å². The Morgan fingerprint density at radius 1 is 1.40 bits per heavy atom. The van der Waals surface area contributed by atoms with E-state index in [1.807, 2.05) is 31.2 Å². The van der Waals surface area contributed by atoms with Crippen LogP contribution in [0, 0.1) is 0 Å². The van der Waals surface area contributed by atoms with Crippen molar-refractivity contribution in [2.45, 2.75) is 6.92 Å². The summed E-state index contributed by atoms with van der Waals surface area (Å²) in [6.45, 7) is 2.30. The molecule has 2 rings (SSSR count). The largest absolute Gasteiger partial charge is 0.497 e. The molecule has 0 unspecified atom stereocenters. The van der Waals surface area contributed by atoms with Gasteiger partial charge >= 0.3 is 0 Å². The molecule has 0 aliphatic carbocycles. The van der Waals surface area contributed by atoms with Gasteiger partial charge in [-0.25, -0.2) is 0 Å². The molecular weight excluding hydrogens is 360 g/mol. The van der Waals surface area contributed by atoms with Gasteiger partial charge in [-0.2, -0.15) is 0 Å². The monoisotopic (exact) mass is 380 g/mol. The number of carbonyl (C=O) groups is 2. The summed E-state index contributed by atoms with van der Waals surface area (Å²) < 4.78 is 5.47. The summed E-state index contributed by atoms with van der Waals surface area (Å²) in [4.78, 5) is 28.1. The SMILES string of the molecule is CCN(CCO)C(=O)CN1C(=O)/C(=C/c2ccc(OC)cc2)SC1=S. The number of methoxy groups -OCH3 is 1. The summed E-state index contributed by atoms with van der Waals surface area (Å²) in [5.74, 6) is 0.219. The average Bonchev–Trinajstić information content (AvgIpc) is 2.87. The zero-order chi connectivity index (χ0) is 18.4. The molecule has 0 saturated carbocycles. The number of aliphatic hydroxyl groups is 1. The maximum atomic E-state index is 12.6. The molecule has 2 amide bonds. The highest BCUT2D eigenvalue weighted by atomic mass is 32.2. The number of thioether (sulfide) groups is 1. The number of amides is 2. The van der Waals surface area contributed by atoms with Crippen molar-refractivity contribution < 1.29 is 19.4 Å². The standard InChI is InChI=1S/C17H20N2O4S2/c1-3-18(8-9-20)15(21)11-19-16(22)14(25-17(19)24)10-12-4-6-13(23-2)7-5-12/h4-7,10,20H,3,8-9,11H2,1-2H3/b14-10-. The number of benzene rings is 1. The molecule has 1 saturated heterocycles. The number of likely N-dealkylation sites (N-methyl/N-ethyl adjacent to an activating group) is 1. The number of nitrogens with zero attached hydrogens (tertiary/aromatic N) is 2. The van der Waals surface area contributed by atoms with Gasteiger partial charge in [0, 0.05) is 13.1 Å². The van der Waals surface area contributed by atoms with Gasteiger partial charge in [0.15, 0.2) is 0 Å². The van der Waals surface area contributed by atoms with Crippen molar-refractivity contribution >= 4 is 46.2 Å². The molecule has 1 aromatic rings. The number of aliphatic hydroxyl groups excluding tert-OH is 1. The predicted molar refractivity (Wildman–Crippen MR) is 102 cm³/mol. The van der Waals surface area contributed by atoms with E-state index in [1.165, 1.54) is 21.6 Å². The highest BCUT2D eigenvalue weighted by Gasteiger charge is 2.34. The predicted octanol–water partition coefficient (Wildman–Crippen LogP) is 1.74. The van der Waals surface area contributed by atoms with Crippen LogP contribution in [0.1, 0.15) is 12.5 Å². The molecule has 25 heavy (non-hydrogen) atoms. The summed E-state index contributed by atoms with van der Waals surface area (Å²) in [5.41, 5.74) is 0.850. The van der Waals surface area contributed by atoms with E-state index < -0.39 is 0 Å². The Bertz CT molecular complexity index is 688. The molecule has 0 bridgehead atoms. The van der Waals surface area contributed by atoms with Crippen LogP contribution in [0.2, 0.25) is 0 Å². The number of hydrogen-bond acceptors (Lipinski definition) is 6. The number of carbonyl (C=O) groups excluding carboxylic acids is 2. The zero-order valence-electron chi connectivity index (χ0n) is 14.1. The average molecular weight is 380 g/mol. The molecule has 1 fully saturated rings. The van der Waals surface area contributed by atoms with E-state index in [1.54, 1.807) is 13.2 Å². The van der Waals surface area contributed by atoms with E-state index in [9.17, 15) is 9.59 Å². The summed E-state index contributed by atoms with van der Waals surface area (Å²) in [7, 11) is 1.59. The van der Waals surface area contributed by atoms with Crippen molar-refractivity contribution in [3.8, 4) is 5.75 Å². The summed E-state index contributed by atoms with van der Waals surface area (Å²) in [5, 5.41) is 9.00. The fraction of sp³-hybridized carbons (Fsp3) is 0.353. The Morgan fingerprint density at radius 2 is 2.08 bits per heavy atom. The highest BCUT2D eigenvalue weighted by Crippen LogP contribution is 2.32. The summed E-state index contributed by atoms with van der Waals surface area (Å²) in [6, 6.07) is 7.31. The minimum absolute atomic E-state index is 0.113. The minimum Gasteiger partial charge on any atom is -0.497 e. The van der Waals surface area contributed by atoms with Crippen LogP contribution >= 0.6 is 24.0 Å². The van der Waals surface area contributed by atoms with Crippen molar-refractivity contribution in [1.82, 2.24) is 9.80 Å².